The van der Waals surface area contributed by atoms with E-state index >= 15 is 0 Å². The lowest BCUT2D eigenvalue weighted by Gasteiger charge is -2.26. The second-order valence-corrected chi connectivity index (χ2v) is 6.43. The third kappa shape index (κ3) is 4.01. The van der Waals surface area contributed by atoms with E-state index in [-0.39, 0.29) is 11.9 Å². The monoisotopic (exact) mass is 396 g/mol. The largest absolute Gasteiger partial charge is 0.496 e. The van der Waals surface area contributed by atoms with Gasteiger partial charge in [0, 0.05) is 19.2 Å². The molecule has 1 unspecified atom stereocenters. The van der Waals surface area contributed by atoms with Crippen molar-refractivity contribution in [1.29, 1.82) is 0 Å². The Labute approximate surface area is 169 Å². The number of hydrogen-bond donors (Lipinski definition) is 0. The van der Waals surface area contributed by atoms with Crippen molar-refractivity contribution >= 4 is 5.91 Å². The number of nitrogens with zero attached hydrogens (tertiary/aromatic N) is 4. The van der Waals surface area contributed by atoms with E-state index in [2.05, 4.69) is 10.1 Å². The first-order chi connectivity index (χ1) is 14.0. The minimum absolute atomic E-state index is 0.162. The van der Waals surface area contributed by atoms with Gasteiger partial charge in [-0.2, -0.15) is 5.10 Å². The molecule has 0 N–H and O–H groups in total. The number of methoxy groups -OCH3 is 3. The minimum atomic E-state index is -0.185. The Bertz CT molecular complexity index is 971. The Hall–Kier alpha value is -3.55. The first-order valence-corrected chi connectivity index (χ1v) is 9.02. The quantitative estimate of drug-likeness (QED) is 0.611. The molecule has 3 rings (SSSR count). The molecule has 0 saturated heterocycles. The van der Waals surface area contributed by atoms with Crippen molar-refractivity contribution < 1.29 is 19.0 Å². The fraction of sp³-hybridized carbons (Fsp3) is 0.286. The van der Waals surface area contributed by atoms with Gasteiger partial charge in [0.2, 0.25) is 0 Å². The van der Waals surface area contributed by atoms with Crippen LogP contribution in [0.5, 0.6) is 17.2 Å². The standard InChI is InChI=1S/C21H24N4O4/c1-14(15-6-8-16(9-7-15)25-13-22-12-23-25)24(2)21(26)17-10-19(28-4)20(29-5)11-18(17)27-3/h6-14H,1-5H3. The molecule has 1 heterocycles. The van der Waals surface area contributed by atoms with E-state index < -0.39 is 0 Å². The highest BCUT2D eigenvalue weighted by Crippen LogP contribution is 2.36. The lowest BCUT2D eigenvalue weighted by Crippen LogP contribution is -2.30. The molecule has 1 aromatic heterocycles. The number of carbonyl (C=O) groups excluding carboxylic acids is 1. The summed E-state index contributed by atoms with van der Waals surface area (Å²) in [5.74, 6) is 1.21. The summed E-state index contributed by atoms with van der Waals surface area (Å²) in [7, 11) is 6.34. The number of ether oxygens (including phenoxy) is 3. The van der Waals surface area contributed by atoms with E-state index in [0.29, 0.717) is 22.8 Å². The van der Waals surface area contributed by atoms with Gasteiger partial charge in [0.1, 0.15) is 18.4 Å². The zero-order valence-corrected chi connectivity index (χ0v) is 17.1. The molecule has 0 aliphatic heterocycles. The van der Waals surface area contributed by atoms with E-state index in [9.17, 15) is 4.79 Å². The van der Waals surface area contributed by atoms with Gasteiger partial charge in [-0.25, -0.2) is 9.67 Å². The number of rotatable bonds is 7. The van der Waals surface area contributed by atoms with Crippen LogP contribution >= 0.6 is 0 Å². The fourth-order valence-corrected chi connectivity index (χ4v) is 3.03. The maximum Gasteiger partial charge on any atom is 0.258 e. The highest BCUT2D eigenvalue weighted by atomic mass is 16.5. The molecule has 0 radical (unpaired) electrons. The van der Waals surface area contributed by atoms with Gasteiger partial charge in [-0.1, -0.05) is 12.1 Å². The molecule has 8 nitrogen and oxygen atoms in total. The SMILES string of the molecule is COc1cc(OC)c(C(=O)N(C)C(C)c2ccc(-n3cncn3)cc2)cc1OC. The molecular weight excluding hydrogens is 372 g/mol. The van der Waals surface area contributed by atoms with Crippen LogP contribution in [0.4, 0.5) is 0 Å². The molecule has 152 valence electrons. The number of aromatic nitrogens is 3. The van der Waals surface area contributed by atoms with Gasteiger partial charge in [0.05, 0.1) is 38.6 Å². The molecule has 0 saturated carbocycles. The van der Waals surface area contributed by atoms with Crippen LogP contribution in [0.25, 0.3) is 5.69 Å². The van der Waals surface area contributed by atoms with Crippen LogP contribution in [0.3, 0.4) is 0 Å². The van der Waals surface area contributed by atoms with Crippen LogP contribution in [-0.4, -0.2) is 53.9 Å². The zero-order chi connectivity index (χ0) is 21.0. The summed E-state index contributed by atoms with van der Waals surface area (Å²) in [4.78, 5) is 18.8. The first-order valence-electron chi connectivity index (χ1n) is 9.02. The van der Waals surface area contributed by atoms with Gasteiger partial charge in [-0.3, -0.25) is 4.79 Å². The van der Waals surface area contributed by atoms with Gasteiger partial charge in [-0.05, 0) is 24.6 Å². The predicted molar refractivity (Wildman–Crippen MR) is 108 cm³/mol. The maximum absolute atomic E-state index is 13.2. The molecule has 1 amide bonds. The van der Waals surface area contributed by atoms with Crippen molar-refractivity contribution in [2.45, 2.75) is 13.0 Å². The normalized spacial score (nSPS) is 11.6. The van der Waals surface area contributed by atoms with Crippen molar-refractivity contribution in [2.75, 3.05) is 28.4 Å². The van der Waals surface area contributed by atoms with Crippen molar-refractivity contribution in [2.24, 2.45) is 0 Å². The zero-order valence-electron chi connectivity index (χ0n) is 17.1. The average Bonchev–Trinajstić information content (AvgIpc) is 3.31. The molecule has 0 aliphatic rings. The molecule has 2 aromatic carbocycles. The molecule has 8 heteroatoms. The van der Waals surface area contributed by atoms with E-state index in [1.165, 1.54) is 27.7 Å². The van der Waals surface area contributed by atoms with Crippen LogP contribution < -0.4 is 14.2 Å². The van der Waals surface area contributed by atoms with Crippen molar-refractivity contribution in [3.63, 3.8) is 0 Å². The number of carbonyl (C=O) groups is 1. The maximum atomic E-state index is 13.2. The summed E-state index contributed by atoms with van der Waals surface area (Å²) in [6.45, 7) is 1.97. The summed E-state index contributed by atoms with van der Waals surface area (Å²) < 4.78 is 17.7. The third-order valence-corrected chi connectivity index (χ3v) is 4.90. The third-order valence-electron chi connectivity index (χ3n) is 4.90. The molecule has 3 aromatic rings. The fourth-order valence-electron chi connectivity index (χ4n) is 3.03. The van der Waals surface area contributed by atoms with Crippen LogP contribution in [0.1, 0.15) is 28.9 Å². The van der Waals surface area contributed by atoms with Gasteiger partial charge >= 0.3 is 0 Å². The molecule has 0 fully saturated rings. The van der Waals surface area contributed by atoms with E-state index in [0.717, 1.165) is 11.3 Å². The van der Waals surface area contributed by atoms with Gasteiger partial charge in [0.15, 0.2) is 11.5 Å². The van der Waals surface area contributed by atoms with Crippen LogP contribution in [0.2, 0.25) is 0 Å². The van der Waals surface area contributed by atoms with E-state index in [1.807, 2.05) is 31.2 Å². The van der Waals surface area contributed by atoms with Gasteiger partial charge < -0.3 is 19.1 Å². The first kappa shape index (κ1) is 20.2. The summed E-state index contributed by atoms with van der Waals surface area (Å²) in [5.41, 5.74) is 2.29. The average molecular weight is 396 g/mol. The molecule has 0 spiro atoms. The lowest BCUT2D eigenvalue weighted by atomic mass is 10.0. The minimum Gasteiger partial charge on any atom is -0.496 e. The van der Waals surface area contributed by atoms with Crippen molar-refractivity contribution in [3.8, 4) is 22.9 Å². The van der Waals surface area contributed by atoms with E-state index in [4.69, 9.17) is 14.2 Å². The van der Waals surface area contributed by atoms with Crippen LogP contribution in [0, 0.1) is 0 Å². The van der Waals surface area contributed by atoms with Crippen LogP contribution in [0.15, 0.2) is 49.1 Å². The smallest absolute Gasteiger partial charge is 0.258 e. The Morgan fingerprint density at radius 3 is 2.17 bits per heavy atom. The topological polar surface area (TPSA) is 78.7 Å². The second kappa shape index (κ2) is 8.64. The Morgan fingerprint density at radius 2 is 1.62 bits per heavy atom. The van der Waals surface area contributed by atoms with E-state index in [1.54, 1.807) is 35.1 Å². The number of benzene rings is 2. The Balaban J connectivity index is 1.86. The molecular formula is C21H24N4O4. The van der Waals surface area contributed by atoms with Crippen LogP contribution in [-0.2, 0) is 0 Å². The van der Waals surface area contributed by atoms with Gasteiger partial charge in [0.25, 0.3) is 5.91 Å². The number of amides is 1. The van der Waals surface area contributed by atoms with Crippen molar-refractivity contribution in [1.82, 2.24) is 19.7 Å². The summed E-state index contributed by atoms with van der Waals surface area (Å²) >= 11 is 0. The molecule has 29 heavy (non-hydrogen) atoms. The molecule has 1 atom stereocenters. The van der Waals surface area contributed by atoms with Crippen molar-refractivity contribution in [3.05, 3.63) is 60.2 Å². The molecule has 0 aliphatic carbocycles. The highest BCUT2D eigenvalue weighted by Gasteiger charge is 2.24. The molecule has 0 bridgehead atoms. The Morgan fingerprint density at radius 1 is 1.00 bits per heavy atom. The summed E-state index contributed by atoms with van der Waals surface area (Å²) in [6, 6.07) is 10.9. The predicted octanol–water partition coefficient (Wildman–Crippen LogP) is 3.13. The Kier molecular flexibility index (Phi) is 6.01. The number of hydrogen-bond acceptors (Lipinski definition) is 6. The highest BCUT2D eigenvalue weighted by molar-refractivity contribution is 5.98. The summed E-state index contributed by atoms with van der Waals surface area (Å²) in [5, 5.41) is 4.12. The second-order valence-electron chi connectivity index (χ2n) is 6.43. The van der Waals surface area contributed by atoms with Gasteiger partial charge in [-0.15, -0.1) is 0 Å². The lowest BCUT2D eigenvalue weighted by molar-refractivity contribution is 0.0738. The summed E-state index contributed by atoms with van der Waals surface area (Å²) in [6.07, 6.45) is 3.12.